The maximum atomic E-state index is 12.7. The molecule has 0 spiro atoms. The number of phosphoric ester groups is 1. The van der Waals surface area contributed by atoms with E-state index in [1.807, 2.05) is 21.1 Å². The van der Waals surface area contributed by atoms with Crippen LogP contribution < -0.4 is 4.89 Å². The fourth-order valence-electron chi connectivity index (χ4n) is 5.93. The Morgan fingerprint density at radius 2 is 0.983 bits per heavy atom. The summed E-state index contributed by atoms with van der Waals surface area (Å²) < 4.78 is 33.9. The van der Waals surface area contributed by atoms with E-state index in [9.17, 15) is 19.0 Å². The van der Waals surface area contributed by atoms with Crippen molar-refractivity contribution >= 4 is 19.8 Å². The lowest BCUT2D eigenvalue weighted by molar-refractivity contribution is -0.870. The van der Waals surface area contributed by atoms with Crippen molar-refractivity contribution in [1.29, 1.82) is 0 Å². The molecular formula is C48H86NO8P. The number of ether oxygens (including phenoxy) is 2. The van der Waals surface area contributed by atoms with Gasteiger partial charge in [-0.1, -0.05) is 152 Å². The highest BCUT2D eigenvalue weighted by Gasteiger charge is 2.21. The van der Waals surface area contributed by atoms with Crippen molar-refractivity contribution in [3.63, 3.8) is 0 Å². The van der Waals surface area contributed by atoms with Crippen molar-refractivity contribution in [1.82, 2.24) is 0 Å². The summed E-state index contributed by atoms with van der Waals surface area (Å²) in [6.45, 7) is 4.08. The molecule has 2 atom stereocenters. The van der Waals surface area contributed by atoms with Crippen molar-refractivity contribution in [2.75, 3.05) is 47.5 Å². The van der Waals surface area contributed by atoms with E-state index in [4.69, 9.17) is 18.5 Å². The van der Waals surface area contributed by atoms with Crippen molar-refractivity contribution in [3.05, 3.63) is 60.8 Å². The molecule has 0 aromatic heterocycles. The van der Waals surface area contributed by atoms with E-state index in [1.54, 1.807) is 0 Å². The van der Waals surface area contributed by atoms with E-state index in [0.717, 1.165) is 96.3 Å². The minimum atomic E-state index is -4.63. The molecule has 10 heteroatoms. The summed E-state index contributed by atoms with van der Waals surface area (Å²) in [5, 5.41) is 0. The fourth-order valence-corrected chi connectivity index (χ4v) is 6.66. The van der Waals surface area contributed by atoms with E-state index in [2.05, 4.69) is 74.6 Å². The molecule has 0 aromatic rings. The number of carbonyl (C=O) groups excluding carboxylic acids is 2. The van der Waals surface area contributed by atoms with Gasteiger partial charge in [0.25, 0.3) is 7.82 Å². The van der Waals surface area contributed by atoms with E-state index in [1.165, 1.54) is 44.9 Å². The number of unbranched alkanes of at least 4 members (excludes halogenated alkanes) is 17. The first-order valence-corrected chi connectivity index (χ1v) is 24.5. The first-order valence-electron chi connectivity index (χ1n) is 23.0. The Morgan fingerprint density at radius 3 is 1.48 bits per heavy atom. The van der Waals surface area contributed by atoms with Crippen LogP contribution in [0.25, 0.3) is 0 Å². The minimum Gasteiger partial charge on any atom is -0.756 e. The van der Waals surface area contributed by atoms with Gasteiger partial charge in [-0.25, -0.2) is 0 Å². The van der Waals surface area contributed by atoms with Gasteiger partial charge >= 0.3 is 11.9 Å². The molecule has 58 heavy (non-hydrogen) atoms. The van der Waals surface area contributed by atoms with Gasteiger partial charge < -0.3 is 27.9 Å². The van der Waals surface area contributed by atoms with Gasteiger partial charge in [0.15, 0.2) is 6.10 Å². The predicted molar refractivity (Wildman–Crippen MR) is 240 cm³/mol. The summed E-state index contributed by atoms with van der Waals surface area (Å²) in [5.41, 5.74) is 0. The SMILES string of the molecule is CC/C=C\C/C=C\C/C=C\C/C=C\CCCCCCCCC(=O)OC(COC(=O)CCCCCCC/C=C\CCCCCCCC)COP(=O)([O-])OCC[N+](C)(C)C. The second kappa shape index (κ2) is 40.1. The topological polar surface area (TPSA) is 111 Å². The Labute approximate surface area is 356 Å². The Balaban J connectivity index is 4.38. The standard InChI is InChI=1S/C48H86NO8P/c1-6-8-10-12-14-16-18-20-22-23-24-25-27-29-31-33-35-37-39-41-48(51)57-46(45-56-58(52,53)55-43-42-49(3,4)5)44-54-47(50)40-38-36-34-32-30-28-26-21-19-17-15-13-11-9-7-2/h8,10,14,16,20-22,24-26,46H,6-7,9,11-13,15,17-19,23,27-45H2,1-5H3/b10-8-,16-14-,22-20-,25-24-,26-21-. The number of rotatable bonds is 41. The zero-order valence-corrected chi connectivity index (χ0v) is 38.6. The first kappa shape index (κ1) is 55.7. The summed E-state index contributed by atoms with van der Waals surface area (Å²) in [5.74, 6) is -0.863. The molecule has 0 radical (unpaired) electrons. The molecule has 0 aliphatic rings. The van der Waals surface area contributed by atoms with Crippen LogP contribution in [0.5, 0.6) is 0 Å². The number of quaternary nitrogens is 1. The van der Waals surface area contributed by atoms with Crippen LogP contribution in [-0.2, 0) is 32.7 Å². The van der Waals surface area contributed by atoms with E-state index >= 15 is 0 Å². The van der Waals surface area contributed by atoms with Gasteiger partial charge in [-0.05, 0) is 77.0 Å². The van der Waals surface area contributed by atoms with Gasteiger partial charge in [0.2, 0.25) is 0 Å². The molecule has 2 unspecified atom stereocenters. The Hall–Kier alpha value is -2.29. The molecule has 0 saturated heterocycles. The van der Waals surface area contributed by atoms with Crippen LogP contribution in [0, 0.1) is 0 Å². The summed E-state index contributed by atoms with van der Waals surface area (Å²) in [6, 6.07) is 0. The Kier molecular flexibility index (Phi) is 38.5. The summed E-state index contributed by atoms with van der Waals surface area (Å²) in [6.07, 6.45) is 48.1. The highest BCUT2D eigenvalue weighted by Crippen LogP contribution is 2.38. The zero-order chi connectivity index (χ0) is 42.8. The zero-order valence-electron chi connectivity index (χ0n) is 37.7. The number of carbonyl (C=O) groups is 2. The molecule has 336 valence electrons. The van der Waals surface area contributed by atoms with Crippen LogP contribution in [0.3, 0.4) is 0 Å². The molecule has 9 nitrogen and oxygen atoms in total. The van der Waals surface area contributed by atoms with Crippen LogP contribution in [0.4, 0.5) is 0 Å². The van der Waals surface area contributed by atoms with Crippen LogP contribution >= 0.6 is 7.82 Å². The monoisotopic (exact) mass is 836 g/mol. The van der Waals surface area contributed by atoms with Crippen molar-refractivity contribution in [3.8, 4) is 0 Å². The predicted octanol–water partition coefficient (Wildman–Crippen LogP) is 12.6. The largest absolute Gasteiger partial charge is 0.756 e. The fraction of sp³-hybridized carbons (Fsp3) is 0.750. The summed E-state index contributed by atoms with van der Waals surface area (Å²) >= 11 is 0. The number of phosphoric acid groups is 1. The van der Waals surface area contributed by atoms with Gasteiger partial charge in [-0.15, -0.1) is 0 Å². The average Bonchev–Trinajstić information content (AvgIpc) is 3.17. The molecule has 0 rings (SSSR count). The number of nitrogens with zero attached hydrogens (tertiary/aromatic N) is 1. The quantitative estimate of drug-likeness (QED) is 0.0197. The van der Waals surface area contributed by atoms with Crippen LogP contribution in [0.1, 0.15) is 181 Å². The maximum absolute atomic E-state index is 12.7. The smallest absolute Gasteiger partial charge is 0.306 e. The number of hydrogen-bond acceptors (Lipinski definition) is 8. The average molecular weight is 836 g/mol. The second-order valence-electron chi connectivity index (χ2n) is 16.4. The van der Waals surface area contributed by atoms with Gasteiger partial charge in [-0.2, -0.15) is 0 Å². The maximum Gasteiger partial charge on any atom is 0.306 e. The minimum absolute atomic E-state index is 0.0376. The lowest BCUT2D eigenvalue weighted by Crippen LogP contribution is -2.37. The first-order chi connectivity index (χ1) is 28.0. The van der Waals surface area contributed by atoms with Crippen molar-refractivity contribution < 1.29 is 42.1 Å². The van der Waals surface area contributed by atoms with E-state index in [-0.39, 0.29) is 26.1 Å². The van der Waals surface area contributed by atoms with Crippen LogP contribution in [0.2, 0.25) is 0 Å². The number of likely N-dealkylation sites (N-methyl/N-ethyl adjacent to an activating group) is 1. The summed E-state index contributed by atoms with van der Waals surface area (Å²) in [4.78, 5) is 37.6. The number of hydrogen-bond donors (Lipinski definition) is 0. The molecule has 0 fully saturated rings. The molecule has 0 aliphatic carbocycles. The van der Waals surface area contributed by atoms with Gasteiger partial charge in [0.05, 0.1) is 27.7 Å². The normalized spacial score (nSPS) is 14.1. The third-order valence-electron chi connectivity index (χ3n) is 9.52. The molecule has 0 bridgehead atoms. The highest BCUT2D eigenvalue weighted by molar-refractivity contribution is 7.45. The molecule has 0 N–H and O–H groups in total. The van der Waals surface area contributed by atoms with Gasteiger partial charge in [0, 0.05) is 12.8 Å². The second-order valence-corrected chi connectivity index (χ2v) is 17.8. The molecule has 0 amide bonds. The van der Waals surface area contributed by atoms with Gasteiger partial charge in [-0.3, -0.25) is 14.2 Å². The van der Waals surface area contributed by atoms with Crippen molar-refractivity contribution in [2.45, 2.75) is 187 Å². The van der Waals surface area contributed by atoms with Crippen LogP contribution in [0.15, 0.2) is 60.8 Å². The third kappa shape index (κ3) is 43.3. The van der Waals surface area contributed by atoms with Gasteiger partial charge in [0.1, 0.15) is 19.8 Å². The molecule has 0 heterocycles. The van der Waals surface area contributed by atoms with Crippen LogP contribution in [-0.4, -0.2) is 70.0 Å². The molecule has 0 aromatic carbocycles. The van der Waals surface area contributed by atoms with Crippen molar-refractivity contribution in [2.24, 2.45) is 0 Å². The lowest BCUT2D eigenvalue weighted by atomic mass is 10.1. The molecular weight excluding hydrogens is 750 g/mol. The number of allylic oxidation sites excluding steroid dienone is 10. The Morgan fingerprint density at radius 1 is 0.552 bits per heavy atom. The lowest BCUT2D eigenvalue weighted by Gasteiger charge is -2.28. The number of esters is 2. The van der Waals surface area contributed by atoms with E-state index < -0.39 is 32.5 Å². The van der Waals surface area contributed by atoms with E-state index in [0.29, 0.717) is 23.9 Å². The molecule has 0 aliphatic heterocycles. The summed E-state index contributed by atoms with van der Waals surface area (Å²) in [7, 11) is 1.14. The Bertz CT molecular complexity index is 1170. The molecule has 0 saturated carbocycles. The highest BCUT2D eigenvalue weighted by atomic mass is 31.2. The third-order valence-corrected chi connectivity index (χ3v) is 10.5.